The second kappa shape index (κ2) is 9.91. The Morgan fingerprint density at radius 3 is 1.79 bits per heavy atom. The average molecular weight is 453 g/mol. The number of rotatable bonds is 7. The lowest BCUT2D eigenvalue weighted by molar-refractivity contribution is 0.526. The van der Waals surface area contributed by atoms with E-state index in [1.807, 2.05) is 55.5 Å². The molecule has 0 heterocycles. The SMILES string of the molecule is CC(NS(=O)c1ccc(Cl)cc1)C(Cc1ccc(Cl)cc1)c1ccc(Cl)cc1. The van der Waals surface area contributed by atoms with E-state index in [1.165, 1.54) is 0 Å². The summed E-state index contributed by atoms with van der Waals surface area (Å²) in [5.41, 5.74) is 2.29. The van der Waals surface area contributed by atoms with Gasteiger partial charge in [0.05, 0.1) is 4.90 Å². The van der Waals surface area contributed by atoms with Gasteiger partial charge in [0.25, 0.3) is 0 Å². The fourth-order valence-electron chi connectivity index (χ4n) is 3.04. The van der Waals surface area contributed by atoms with E-state index >= 15 is 0 Å². The van der Waals surface area contributed by atoms with Crippen LogP contribution in [0.25, 0.3) is 0 Å². The standard InChI is InChI=1S/C22H20Cl3NOS/c1-15(26-28(27)21-12-10-20(25)11-13-21)22(17-4-8-19(24)9-5-17)14-16-2-6-18(23)7-3-16/h2-13,15,22,26H,14H2,1H3. The number of hydrogen-bond donors (Lipinski definition) is 1. The molecule has 0 amide bonds. The predicted molar refractivity (Wildman–Crippen MR) is 120 cm³/mol. The summed E-state index contributed by atoms with van der Waals surface area (Å²) < 4.78 is 16.0. The second-order valence-corrected chi connectivity index (χ2v) is 9.17. The quantitative estimate of drug-likeness (QED) is 0.426. The van der Waals surface area contributed by atoms with Gasteiger partial charge in [-0.05, 0) is 73.0 Å². The van der Waals surface area contributed by atoms with E-state index in [2.05, 4.69) is 4.72 Å². The summed E-state index contributed by atoms with van der Waals surface area (Å²) >= 11 is 18.0. The highest BCUT2D eigenvalue weighted by Crippen LogP contribution is 2.27. The molecule has 146 valence electrons. The summed E-state index contributed by atoms with van der Waals surface area (Å²) in [6.07, 6.45) is 0.783. The minimum atomic E-state index is -1.34. The molecule has 0 aromatic heterocycles. The van der Waals surface area contributed by atoms with Gasteiger partial charge in [0.2, 0.25) is 0 Å². The first-order valence-corrected chi connectivity index (χ1v) is 11.1. The maximum atomic E-state index is 12.8. The van der Waals surface area contributed by atoms with Gasteiger partial charge in [0, 0.05) is 27.0 Å². The topological polar surface area (TPSA) is 29.1 Å². The van der Waals surface area contributed by atoms with Crippen molar-refractivity contribution in [2.24, 2.45) is 0 Å². The summed E-state index contributed by atoms with van der Waals surface area (Å²) in [6, 6.07) is 22.6. The van der Waals surface area contributed by atoms with Crippen molar-refractivity contribution in [1.29, 1.82) is 0 Å². The summed E-state index contributed by atoms with van der Waals surface area (Å²) in [5, 5.41) is 2.02. The highest BCUT2D eigenvalue weighted by atomic mass is 35.5. The fourth-order valence-corrected chi connectivity index (χ4v) is 4.44. The minimum absolute atomic E-state index is 0.0478. The Morgan fingerprint density at radius 2 is 1.25 bits per heavy atom. The van der Waals surface area contributed by atoms with Gasteiger partial charge in [-0.3, -0.25) is 0 Å². The van der Waals surface area contributed by atoms with E-state index in [9.17, 15) is 4.21 Å². The Kier molecular flexibility index (Phi) is 7.55. The molecule has 0 spiro atoms. The van der Waals surface area contributed by atoms with Crippen molar-refractivity contribution in [2.45, 2.75) is 30.2 Å². The third-order valence-corrected chi connectivity index (χ3v) is 6.63. The zero-order chi connectivity index (χ0) is 20.1. The minimum Gasteiger partial charge on any atom is -0.237 e. The molecular formula is C22H20Cl3NOS. The number of nitrogens with one attached hydrogen (secondary N) is 1. The van der Waals surface area contributed by atoms with Crippen LogP contribution in [0.3, 0.4) is 0 Å². The maximum Gasteiger partial charge on any atom is 0.125 e. The van der Waals surface area contributed by atoms with Crippen LogP contribution in [0.2, 0.25) is 15.1 Å². The van der Waals surface area contributed by atoms with Crippen LogP contribution in [0.5, 0.6) is 0 Å². The lowest BCUT2D eigenvalue weighted by Crippen LogP contribution is -2.34. The molecule has 0 saturated heterocycles. The number of hydrogen-bond acceptors (Lipinski definition) is 1. The first-order chi connectivity index (χ1) is 13.4. The molecular weight excluding hydrogens is 433 g/mol. The van der Waals surface area contributed by atoms with E-state index in [0.717, 1.165) is 17.5 Å². The van der Waals surface area contributed by atoms with Crippen LogP contribution >= 0.6 is 34.8 Å². The van der Waals surface area contributed by atoms with Crippen molar-refractivity contribution < 1.29 is 4.21 Å². The van der Waals surface area contributed by atoms with Crippen LogP contribution in [0, 0.1) is 0 Å². The second-order valence-electron chi connectivity index (χ2n) is 6.62. The molecule has 28 heavy (non-hydrogen) atoms. The van der Waals surface area contributed by atoms with Gasteiger partial charge in [0.1, 0.15) is 11.0 Å². The van der Waals surface area contributed by atoms with Gasteiger partial charge in [-0.15, -0.1) is 0 Å². The molecule has 3 unspecified atom stereocenters. The molecule has 3 rings (SSSR count). The molecule has 0 aliphatic rings. The molecule has 0 aliphatic carbocycles. The monoisotopic (exact) mass is 451 g/mol. The van der Waals surface area contributed by atoms with Gasteiger partial charge < -0.3 is 0 Å². The summed E-state index contributed by atoms with van der Waals surface area (Å²) in [7, 11) is -1.34. The Labute approximate surface area is 183 Å². The first kappa shape index (κ1) is 21.4. The first-order valence-electron chi connectivity index (χ1n) is 8.86. The summed E-state index contributed by atoms with van der Waals surface area (Å²) in [5.74, 6) is 0.106. The molecule has 3 aromatic rings. The van der Waals surface area contributed by atoms with E-state index in [1.54, 1.807) is 24.3 Å². The third kappa shape index (κ3) is 5.82. The molecule has 1 N–H and O–H groups in total. The van der Waals surface area contributed by atoms with Gasteiger partial charge in [-0.1, -0.05) is 59.1 Å². The lowest BCUT2D eigenvalue weighted by atomic mass is 9.87. The fraction of sp³-hybridized carbons (Fsp3) is 0.182. The van der Waals surface area contributed by atoms with E-state index in [0.29, 0.717) is 20.0 Å². The smallest absolute Gasteiger partial charge is 0.125 e. The lowest BCUT2D eigenvalue weighted by Gasteiger charge is -2.25. The van der Waals surface area contributed by atoms with Crippen LogP contribution in [0.1, 0.15) is 24.0 Å². The molecule has 6 heteroatoms. The number of halogens is 3. The molecule has 3 aromatic carbocycles. The van der Waals surface area contributed by atoms with Gasteiger partial charge in [0.15, 0.2) is 0 Å². The Hall–Kier alpha value is -1.36. The van der Waals surface area contributed by atoms with Crippen molar-refractivity contribution in [3.8, 4) is 0 Å². The Morgan fingerprint density at radius 1 is 0.786 bits per heavy atom. The predicted octanol–water partition coefficient (Wildman–Crippen LogP) is 6.67. The van der Waals surface area contributed by atoms with E-state index in [4.69, 9.17) is 34.8 Å². The van der Waals surface area contributed by atoms with Crippen LogP contribution in [-0.4, -0.2) is 10.3 Å². The zero-order valence-electron chi connectivity index (χ0n) is 15.2. The third-order valence-electron chi connectivity index (χ3n) is 4.59. The zero-order valence-corrected chi connectivity index (χ0v) is 18.3. The Balaban J connectivity index is 1.82. The van der Waals surface area contributed by atoms with Crippen LogP contribution in [0.15, 0.2) is 77.7 Å². The van der Waals surface area contributed by atoms with Crippen molar-refractivity contribution >= 4 is 45.8 Å². The van der Waals surface area contributed by atoms with Crippen LogP contribution in [0.4, 0.5) is 0 Å². The average Bonchev–Trinajstić information content (AvgIpc) is 2.68. The van der Waals surface area contributed by atoms with Crippen molar-refractivity contribution in [3.05, 3.63) is 99.0 Å². The van der Waals surface area contributed by atoms with E-state index in [-0.39, 0.29) is 12.0 Å². The van der Waals surface area contributed by atoms with Crippen molar-refractivity contribution in [1.82, 2.24) is 4.72 Å². The van der Waals surface area contributed by atoms with Crippen LogP contribution < -0.4 is 4.72 Å². The van der Waals surface area contributed by atoms with Gasteiger partial charge in [-0.25, -0.2) is 8.93 Å². The van der Waals surface area contributed by atoms with E-state index < -0.39 is 11.0 Å². The molecule has 0 fully saturated rings. The molecule has 0 radical (unpaired) electrons. The molecule has 0 saturated carbocycles. The molecule has 0 aliphatic heterocycles. The largest absolute Gasteiger partial charge is 0.237 e. The summed E-state index contributed by atoms with van der Waals surface area (Å²) in [4.78, 5) is 0.692. The van der Waals surface area contributed by atoms with Crippen molar-refractivity contribution in [3.63, 3.8) is 0 Å². The molecule has 2 nitrogen and oxygen atoms in total. The van der Waals surface area contributed by atoms with Gasteiger partial charge in [-0.2, -0.15) is 0 Å². The van der Waals surface area contributed by atoms with Gasteiger partial charge >= 0.3 is 0 Å². The highest BCUT2D eigenvalue weighted by Gasteiger charge is 2.22. The normalized spacial score (nSPS) is 14.4. The highest BCUT2D eigenvalue weighted by molar-refractivity contribution is 7.83. The van der Waals surface area contributed by atoms with Crippen molar-refractivity contribution in [2.75, 3.05) is 0 Å². The molecule has 0 bridgehead atoms. The van der Waals surface area contributed by atoms with Crippen LogP contribution in [-0.2, 0) is 17.4 Å². The Bertz CT molecular complexity index is 928. The maximum absolute atomic E-state index is 12.8. The summed E-state index contributed by atoms with van der Waals surface area (Å²) in [6.45, 7) is 2.04. The number of benzene rings is 3. The molecule has 3 atom stereocenters.